The van der Waals surface area contributed by atoms with Crippen LogP contribution in [-0.2, 0) is 9.47 Å². The molecular weight excluding hydrogens is 564 g/mol. The Bertz CT molecular complexity index is 1360. The van der Waals surface area contributed by atoms with Gasteiger partial charge in [0.2, 0.25) is 0 Å². The third-order valence-corrected chi connectivity index (χ3v) is 8.79. The molecule has 226 valence electrons. The highest BCUT2D eigenvalue weighted by atomic mass is 35.5. The van der Waals surface area contributed by atoms with Gasteiger partial charge in [0.25, 0.3) is 17.4 Å². The molecule has 3 atom stereocenters. The number of H-pyrrole nitrogens is 1. The molecule has 2 aromatic rings. The first-order valence-electron chi connectivity index (χ1n) is 14.3. The number of hydrogen-bond donors (Lipinski definition) is 4. The van der Waals surface area contributed by atoms with E-state index in [1.807, 2.05) is 0 Å². The number of halogens is 1. The van der Waals surface area contributed by atoms with Crippen LogP contribution in [0, 0.1) is 5.92 Å². The van der Waals surface area contributed by atoms with E-state index in [-0.39, 0.29) is 46.5 Å². The number of nitrogen functional groups attached to an aromatic ring is 1. The number of aromatic amines is 1. The van der Waals surface area contributed by atoms with Crippen LogP contribution in [-0.4, -0.2) is 104 Å². The van der Waals surface area contributed by atoms with E-state index < -0.39 is 11.5 Å². The number of fused-ring (bicyclic) bond motifs is 3. The SMILES string of the molecule is CO[C@@H]1CN(CCNC(=O)c2ccc(C(=O)O[C@H]3CN4CCC3CC4)cc2)CC[C@@H]1NC(=O)c1cc(Cl)c(N)[nH]c1=O. The van der Waals surface area contributed by atoms with Crippen LogP contribution in [0.4, 0.5) is 5.82 Å². The number of pyridine rings is 1. The molecule has 2 bridgehead atoms. The topological polar surface area (TPSA) is 159 Å². The van der Waals surface area contributed by atoms with Gasteiger partial charge in [-0.05, 0) is 68.6 Å². The summed E-state index contributed by atoms with van der Waals surface area (Å²) < 4.78 is 11.4. The molecule has 13 heteroatoms. The molecule has 0 aliphatic carbocycles. The molecule has 6 rings (SSSR count). The van der Waals surface area contributed by atoms with E-state index >= 15 is 0 Å². The van der Waals surface area contributed by atoms with Crippen molar-refractivity contribution in [1.82, 2.24) is 25.4 Å². The summed E-state index contributed by atoms with van der Waals surface area (Å²) in [6.07, 6.45) is 2.36. The number of methoxy groups -OCH3 is 1. The van der Waals surface area contributed by atoms with E-state index in [2.05, 4.69) is 25.4 Å². The average molecular weight is 601 g/mol. The third kappa shape index (κ3) is 6.95. The minimum atomic E-state index is -0.615. The number of likely N-dealkylation sites (tertiary alicyclic amines) is 1. The van der Waals surface area contributed by atoms with E-state index in [0.717, 1.165) is 32.5 Å². The van der Waals surface area contributed by atoms with Gasteiger partial charge in [-0.3, -0.25) is 24.2 Å². The summed E-state index contributed by atoms with van der Waals surface area (Å²) in [5.41, 5.74) is 5.76. The summed E-state index contributed by atoms with van der Waals surface area (Å²) in [5, 5.41) is 5.88. The maximum absolute atomic E-state index is 12.7. The first-order valence-corrected chi connectivity index (χ1v) is 14.7. The summed E-state index contributed by atoms with van der Waals surface area (Å²) in [6, 6.07) is 7.48. The fourth-order valence-electron chi connectivity index (χ4n) is 5.96. The average Bonchev–Trinajstić information content (AvgIpc) is 3.00. The van der Waals surface area contributed by atoms with Crippen LogP contribution < -0.4 is 21.9 Å². The Morgan fingerprint density at radius 1 is 1.02 bits per heavy atom. The number of hydrogen-bond acceptors (Lipinski definition) is 9. The molecule has 4 saturated heterocycles. The van der Waals surface area contributed by atoms with Crippen molar-refractivity contribution in [3.8, 4) is 0 Å². The van der Waals surface area contributed by atoms with E-state index in [4.69, 9.17) is 26.8 Å². The molecule has 5 N–H and O–H groups in total. The molecule has 1 aromatic carbocycles. The van der Waals surface area contributed by atoms with Crippen LogP contribution >= 0.6 is 11.6 Å². The fraction of sp³-hybridized carbons (Fsp3) is 0.517. The van der Waals surface area contributed by atoms with Gasteiger partial charge in [0.1, 0.15) is 17.5 Å². The van der Waals surface area contributed by atoms with Gasteiger partial charge < -0.3 is 30.8 Å². The lowest BCUT2D eigenvalue weighted by atomic mass is 9.86. The zero-order chi connectivity index (χ0) is 29.8. The van der Waals surface area contributed by atoms with Gasteiger partial charge in [0.05, 0.1) is 22.7 Å². The number of amides is 2. The maximum atomic E-state index is 12.7. The third-order valence-electron chi connectivity index (χ3n) is 8.48. The summed E-state index contributed by atoms with van der Waals surface area (Å²) in [4.78, 5) is 57.1. The molecule has 5 heterocycles. The maximum Gasteiger partial charge on any atom is 0.338 e. The van der Waals surface area contributed by atoms with Crippen LogP contribution in [0.2, 0.25) is 5.02 Å². The Morgan fingerprint density at radius 2 is 1.74 bits per heavy atom. The quantitative estimate of drug-likeness (QED) is 0.309. The number of benzene rings is 1. The Balaban J connectivity index is 1.06. The Hall–Kier alpha value is -3.45. The van der Waals surface area contributed by atoms with Crippen LogP contribution in [0.25, 0.3) is 0 Å². The molecule has 0 spiro atoms. The lowest BCUT2D eigenvalue weighted by molar-refractivity contribution is -0.0455. The highest BCUT2D eigenvalue weighted by molar-refractivity contribution is 6.33. The number of nitrogens with zero attached hydrogens (tertiary/aromatic N) is 2. The minimum absolute atomic E-state index is 0.00460. The van der Waals surface area contributed by atoms with Gasteiger partial charge in [-0.25, -0.2) is 4.79 Å². The largest absolute Gasteiger partial charge is 0.457 e. The van der Waals surface area contributed by atoms with Crippen LogP contribution in [0.3, 0.4) is 0 Å². The van der Waals surface area contributed by atoms with Gasteiger partial charge in [-0.2, -0.15) is 0 Å². The van der Waals surface area contributed by atoms with Crippen molar-refractivity contribution in [3.05, 3.63) is 62.4 Å². The lowest BCUT2D eigenvalue weighted by Crippen LogP contribution is -2.56. The number of rotatable bonds is 9. The van der Waals surface area contributed by atoms with Crippen molar-refractivity contribution >= 4 is 35.2 Å². The molecule has 0 unspecified atom stereocenters. The predicted molar refractivity (Wildman–Crippen MR) is 157 cm³/mol. The van der Waals surface area contributed by atoms with Crippen molar-refractivity contribution in [2.24, 2.45) is 5.92 Å². The van der Waals surface area contributed by atoms with Crippen molar-refractivity contribution in [2.45, 2.75) is 37.5 Å². The van der Waals surface area contributed by atoms with E-state index in [9.17, 15) is 19.2 Å². The number of ether oxygens (including phenoxy) is 2. The van der Waals surface area contributed by atoms with Crippen molar-refractivity contribution < 1.29 is 23.9 Å². The smallest absolute Gasteiger partial charge is 0.338 e. The van der Waals surface area contributed by atoms with Crippen LogP contribution in [0.15, 0.2) is 35.1 Å². The molecule has 2 amide bonds. The van der Waals surface area contributed by atoms with Crippen LogP contribution in [0.5, 0.6) is 0 Å². The molecule has 4 aliphatic rings. The number of aromatic nitrogens is 1. The first kappa shape index (κ1) is 30.0. The van der Waals surface area contributed by atoms with Gasteiger partial charge in [0, 0.05) is 45.4 Å². The molecule has 4 aliphatic heterocycles. The normalized spacial score (nSPS) is 25.5. The molecule has 1 aromatic heterocycles. The van der Waals surface area contributed by atoms with Gasteiger partial charge in [-0.1, -0.05) is 11.6 Å². The van der Waals surface area contributed by atoms with E-state index in [1.54, 1.807) is 31.4 Å². The molecule has 0 saturated carbocycles. The molecule has 12 nitrogen and oxygen atoms in total. The van der Waals surface area contributed by atoms with Crippen LogP contribution in [0.1, 0.15) is 50.3 Å². The Labute approximate surface area is 248 Å². The standard InChI is InChI=1S/C29H37ClN6O6/c1-41-24-16-36(12-8-22(24)33-27(38)20-14-21(30)25(31)34-28(20)39)13-9-32-26(37)18-2-4-19(5-3-18)29(40)42-23-15-35-10-6-17(23)7-11-35/h2-5,14,17,22-24H,6-13,15-16H2,1H3,(H,32,37)(H,33,38)(H3,31,34,39)/t22-,23-,24+/m0/s1. The number of carbonyl (C=O) groups excluding carboxylic acids is 3. The fourth-order valence-corrected chi connectivity index (χ4v) is 6.12. The van der Waals surface area contributed by atoms with Gasteiger partial charge in [0.15, 0.2) is 0 Å². The number of nitrogens with one attached hydrogen (secondary N) is 3. The number of esters is 1. The van der Waals surface area contributed by atoms with Crippen molar-refractivity contribution in [1.29, 1.82) is 0 Å². The van der Waals surface area contributed by atoms with E-state index in [1.165, 1.54) is 6.07 Å². The summed E-state index contributed by atoms with van der Waals surface area (Å²) in [6.45, 7) is 5.16. The number of anilines is 1. The second kappa shape index (κ2) is 13.2. The first-order chi connectivity index (χ1) is 20.2. The zero-order valence-electron chi connectivity index (χ0n) is 23.6. The minimum Gasteiger partial charge on any atom is -0.457 e. The summed E-state index contributed by atoms with van der Waals surface area (Å²) >= 11 is 5.96. The number of carbonyl (C=O) groups is 3. The summed E-state index contributed by atoms with van der Waals surface area (Å²) in [5.74, 6) is -0.691. The summed E-state index contributed by atoms with van der Waals surface area (Å²) in [7, 11) is 1.57. The Kier molecular flexibility index (Phi) is 9.47. The monoisotopic (exact) mass is 600 g/mol. The zero-order valence-corrected chi connectivity index (χ0v) is 24.3. The lowest BCUT2D eigenvalue weighted by Gasteiger charge is -2.43. The van der Waals surface area contributed by atoms with Crippen molar-refractivity contribution in [2.75, 3.05) is 58.7 Å². The number of piperidine rings is 4. The molecular formula is C29H37ClN6O6. The van der Waals surface area contributed by atoms with E-state index in [0.29, 0.717) is 49.6 Å². The van der Waals surface area contributed by atoms with Crippen molar-refractivity contribution in [3.63, 3.8) is 0 Å². The molecule has 4 fully saturated rings. The van der Waals surface area contributed by atoms with Gasteiger partial charge >= 0.3 is 5.97 Å². The highest BCUT2D eigenvalue weighted by Crippen LogP contribution is 2.30. The molecule has 42 heavy (non-hydrogen) atoms. The second-order valence-corrected chi connectivity index (χ2v) is 11.5. The molecule has 0 radical (unpaired) electrons. The number of nitrogens with two attached hydrogens (primary N) is 1. The highest BCUT2D eigenvalue weighted by Gasteiger charge is 2.36. The van der Waals surface area contributed by atoms with Gasteiger partial charge in [-0.15, -0.1) is 0 Å². The predicted octanol–water partition coefficient (Wildman–Crippen LogP) is 1.11. The second-order valence-electron chi connectivity index (χ2n) is 11.1. The Morgan fingerprint density at radius 3 is 2.40 bits per heavy atom.